The standard InChI is InChI=1S/C14H29N/c1-3-5-8-13(4-2)11-15-12-14-9-6-7-10-14/h13-15H,3-12H2,1-2H3. The van der Waals surface area contributed by atoms with E-state index < -0.39 is 0 Å². The van der Waals surface area contributed by atoms with E-state index in [9.17, 15) is 0 Å². The molecule has 1 heteroatoms. The molecule has 0 aromatic rings. The van der Waals surface area contributed by atoms with E-state index in [2.05, 4.69) is 19.2 Å². The number of unbranched alkanes of at least 4 members (excludes halogenated alkanes) is 1. The minimum Gasteiger partial charge on any atom is -0.316 e. The van der Waals surface area contributed by atoms with Crippen LogP contribution in [-0.2, 0) is 0 Å². The second-order valence-corrected chi connectivity index (χ2v) is 5.23. The lowest BCUT2D eigenvalue weighted by Crippen LogP contribution is -2.27. The Bertz CT molecular complexity index is 138. The molecule has 0 aromatic heterocycles. The van der Waals surface area contributed by atoms with Crippen LogP contribution >= 0.6 is 0 Å². The third kappa shape index (κ3) is 5.55. The van der Waals surface area contributed by atoms with E-state index >= 15 is 0 Å². The van der Waals surface area contributed by atoms with Crippen LogP contribution in [0.4, 0.5) is 0 Å². The first kappa shape index (κ1) is 13.0. The van der Waals surface area contributed by atoms with Gasteiger partial charge in [-0.3, -0.25) is 0 Å². The van der Waals surface area contributed by atoms with Gasteiger partial charge in [0.15, 0.2) is 0 Å². The molecule has 1 atom stereocenters. The van der Waals surface area contributed by atoms with Crippen molar-refractivity contribution in [3.05, 3.63) is 0 Å². The van der Waals surface area contributed by atoms with Crippen LogP contribution in [0.15, 0.2) is 0 Å². The van der Waals surface area contributed by atoms with Gasteiger partial charge >= 0.3 is 0 Å². The van der Waals surface area contributed by atoms with E-state index in [1.54, 1.807) is 0 Å². The van der Waals surface area contributed by atoms with Crippen molar-refractivity contribution in [2.75, 3.05) is 13.1 Å². The lowest BCUT2D eigenvalue weighted by molar-refractivity contribution is 0.394. The largest absolute Gasteiger partial charge is 0.316 e. The average Bonchev–Trinajstić information content (AvgIpc) is 2.76. The molecular formula is C14H29N. The van der Waals surface area contributed by atoms with Crippen molar-refractivity contribution in [2.45, 2.75) is 65.2 Å². The molecule has 1 N–H and O–H groups in total. The smallest absolute Gasteiger partial charge is 0.00204 e. The van der Waals surface area contributed by atoms with Crippen molar-refractivity contribution < 1.29 is 0 Å². The van der Waals surface area contributed by atoms with Crippen LogP contribution in [0, 0.1) is 11.8 Å². The van der Waals surface area contributed by atoms with E-state index in [1.165, 1.54) is 64.5 Å². The monoisotopic (exact) mass is 211 g/mol. The SMILES string of the molecule is CCCCC(CC)CNCC1CCCC1. The minimum absolute atomic E-state index is 0.923. The summed E-state index contributed by atoms with van der Waals surface area (Å²) in [6.45, 7) is 7.16. The van der Waals surface area contributed by atoms with Crippen LogP contribution in [0.5, 0.6) is 0 Å². The molecule has 0 saturated heterocycles. The molecule has 1 unspecified atom stereocenters. The van der Waals surface area contributed by atoms with Crippen LogP contribution in [-0.4, -0.2) is 13.1 Å². The minimum atomic E-state index is 0.923. The summed E-state index contributed by atoms with van der Waals surface area (Å²) in [5.41, 5.74) is 0. The molecule has 15 heavy (non-hydrogen) atoms. The molecule has 1 nitrogen and oxygen atoms in total. The Morgan fingerprint density at radius 1 is 1.20 bits per heavy atom. The molecule has 0 radical (unpaired) electrons. The third-order valence-corrected chi connectivity index (χ3v) is 3.88. The molecular weight excluding hydrogens is 182 g/mol. The Labute approximate surface area is 96.0 Å². The maximum absolute atomic E-state index is 3.69. The lowest BCUT2D eigenvalue weighted by Gasteiger charge is -2.17. The summed E-state index contributed by atoms with van der Waals surface area (Å²) in [5.74, 6) is 1.92. The van der Waals surface area contributed by atoms with E-state index in [0.717, 1.165) is 11.8 Å². The van der Waals surface area contributed by atoms with Crippen molar-refractivity contribution in [1.82, 2.24) is 5.32 Å². The van der Waals surface area contributed by atoms with Gasteiger partial charge in [-0.1, -0.05) is 46.0 Å². The van der Waals surface area contributed by atoms with Gasteiger partial charge in [0.1, 0.15) is 0 Å². The zero-order valence-electron chi connectivity index (χ0n) is 10.7. The molecule has 0 spiro atoms. The first-order valence-electron chi connectivity index (χ1n) is 7.07. The second kappa shape index (κ2) is 8.15. The van der Waals surface area contributed by atoms with E-state index in [0.29, 0.717) is 0 Å². The topological polar surface area (TPSA) is 12.0 Å². The van der Waals surface area contributed by atoms with Crippen LogP contribution in [0.3, 0.4) is 0 Å². The van der Waals surface area contributed by atoms with Gasteiger partial charge in [-0.25, -0.2) is 0 Å². The van der Waals surface area contributed by atoms with Crippen molar-refractivity contribution >= 4 is 0 Å². The highest BCUT2D eigenvalue weighted by Gasteiger charge is 2.14. The Balaban J connectivity index is 2.00. The zero-order chi connectivity index (χ0) is 10.9. The van der Waals surface area contributed by atoms with Crippen molar-refractivity contribution in [3.63, 3.8) is 0 Å². The van der Waals surface area contributed by atoms with Gasteiger partial charge in [0, 0.05) is 0 Å². The maximum Gasteiger partial charge on any atom is -0.00204 e. The molecule has 1 fully saturated rings. The molecule has 0 aromatic carbocycles. The summed E-state index contributed by atoms with van der Waals surface area (Å²) in [7, 11) is 0. The highest BCUT2D eigenvalue weighted by molar-refractivity contribution is 4.70. The Kier molecular flexibility index (Phi) is 7.08. The van der Waals surface area contributed by atoms with Crippen molar-refractivity contribution in [1.29, 1.82) is 0 Å². The molecule has 1 aliphatic rings. The first-order chi connectivity index (χ1) is 7.36. The second-order valence-electron chi connectivity index (χ2n) is 5.23. The Hall–Kier alpha value is -0.0400. The van der Waals surface area contributed by atoms with E-state index in [-0.39, 0.29) is 0 Å². The fourth-order valence-electron chi connectivity index (χ4n) is 2.65. The molecule has 1 aliphatic carbocycles. The predicted octanol–water partition coefficient (Wildman–Crippen LogP) is 3.98. The first-order valence-corrected chi connectivity index (χ1v) is 7.07. The Morgan fingerprint density at radius 2 is 1.93 bits per heavy atom. The number of hydrogen-bond donors (Lipinski definition) is 1. The number of hydrogen-bond acceptors (Lipinski definition) is 1. The normalized spacial score (nSPS) is 19.6. The van der Waals surface area contributed by atoms with Gasteiger partial charge in [-0.2, -0.15) is 0 Å². The highest BCUT2D eigenvalue weighted by Crippen LogP contribution is 2.23. The van der Waals surface area contributed by atoms with Crippen LogP contribution in [0.2, 0.25) is 0 Å². The Morgan fingerprint density at radius 3 is 2.53 bits per heavy atom. The van der Waals surface area contributed by atoms with Gasteiger partial charge in [-0.15, -0.1) is 0 Å². The molecule has 1 rings (SSSR count). The summed E-state index contributed by atoms with van der Waals surface area (Å²) in [5, 5.41) is 3.69. The van der Waals surface area contributed by atoms with Crippen LogP contribution in [0.25, 0.3) is 0 Å². The van der Waals surface area contributed by atoms with E-state index in [1.807, 2.05) is 0 Å². The molecule has 1 saturated carbocycles. The summed E-state index contributed by atoms with van der Waals surface area (Å²) >= 11 is 0. The van der Waals surface area contributed by atoms with Crippen LogP contribution in [0.1, 0.15) is 65.2 Å². The molecule has 90 valence electrons. The van der Waals surface area contributed by atoms with Crippen molar-refractivity contribution in [2.24, 2.45) is 11.8 Å². The highest BCUT2D eigenvalue weighted by atomic mass is 14.9. The van der Waals surface area contributed by atoms with Gasteiger partial charge in [0.25, 0.3) is 0 Å². The molecule has 0 bridgehead atoms. The lowest BCUT2D eigenvalue weighted by atomic mass is 9.99. The van der Waals surface area contributed by atoms with Crippen molar-refractivity contribution in [3.8, 4) is 0 Å². The third-order valence-electron chi connectivity index (χ3n) is 3.88. The summed E-state index contributed by atoms with van der Waals surface area (Å²) in [4.78, 5) is 0. The fraction of sp³-hybridized carbons (Fsp3) is 1.00. The molecule has 0 heterocycles. The van der Waals surface area contributed by atoms with Crippen LogP contribution < -0.4 is 5.32 Å². The predicted molar refractivity (Wildman–Crippen MR) is 68.1 cm³/mol. The number of rotatable bonds is 8. The fourth-order valence-corrected chi connectivity index (χ4v) is 2.65. The van der Waals surface area contributed by atoms with E-state index in [4.69, 9.17) is 0 Å². The zero-order valence-corrected chi connectivity index (χ0v) is 10.7. The van der Waals surface area contributed by atoms with Gasteiger partial charge in [0.05, 0.1) is 0 Å². The maximum atomic E-state index is 3.69. The quantitative estimate of drug-likeness (QED) is 0.640. The molecule has 0 amide bonds. The molecule has 0 aliphatic heterocycles. The van der Waals surface area contributed by atoms with Gasteiger partial charge in [0.2, 0.25) is 0 Å². The van der Waals surface area contributed by atoms with Gasteiger partial charge in [-0.05, 0) is 44.2 Å². The average molecular weight is 211 g/mol. The summed E-state index contributed by atoms with van der Waals surface area (Å²) in [6, 6.07) is 0. The summed E-state index contributed by atoms with van der Waals surface area (Å²) < 4.78 is 0. The number of nitrogens with one attached hydrogen (secondary N) is 1. The summed E-state index contributed by atoms with van der Waals surface area (Å²) in [6.07, 6.45) is 11.4. The van der Waals surface area contributed by atoms with Gasteiger partial charge < -0.3 is 5.32 Å².